The van der Waals surface area contributed by atoms with Crippen LogP contribution < -0.4 is 0 Å². The Labute approximate surface area is 83.0 Å². The third-order valence-corrected chi connectivity index (χ3v) is 2.38. The number of hydrogen-bond donors (Lipinski definition) is 2. The first-order valence-corrected chi connectivity index (χ1v) is 4.40. The van der Waals surface area contributed by atoms with Gasteiger partial charge in [-0.05, 0) is 31.9 Å². The molecule has 0 spiro atoms. The summed E-state index contributed by atoms with van der Waals surface area (Å²) in [6, 6.07) is 5.42. The highest BCUT2D eigenvalue weighted by molar-refractivity contribution is 5.79. The van der Waals surface area contributed by atoms with Crippen LogP contribution in [0.3, 0.4) is 0 Å². The Balaban J connectivity index is 3.38. The molecule has 1 atom stereocenters. The van der Waals surface area contributed by atoms with Gasteiger partial charge in [-0.25, -0.2) is 4.79 Å². The number of carboxylic acid groups (broad SMARTS) is 1. The molecule has 0 fully saturated rings. The molecule has 0 bridgehead atoms. The summed E-state index contributed by atoms with van der Waals surface area (Å²) in [5.41, 5.74) is 0.248. The van der Waals surface area contributed by atoms with E-state index in [0.717, 1.165) is 11.1 Å². The van der Waals surface area contributed by atoms with Gasteiger partial charge in [0.25, 0.3) is 0 Å². The highest BCUT2D eigenvalue weighted by atomic mass is 16.4. The van der Waals surface area contributed by atoms with Crippen LogP contribution in [0.25, 0.3) is 0 Å². The van der Waals surface area contributed by atoms with Gasteiger partial charge < -0.3 is 10.2 Å². The molecule has 14 heavy (non-hydrogen) atoms. The number of aliphatic carboxylic acids is 1. The predicted octanol–water partition coefficient (Wildman–Crippen LogP) is 1.60. The van der Waals surface area contributed by atoms with E-state index in [2.05, 4.69) is 0 Å². The van der Waals surface area contributed by atoms with E-state index in [1.807, 2.05) is 6.07 Å². The van der Waals surface area contributed by atoms with Gasteiger partial charge in [0, 0.05) is 5.56 Å². The standard InChI is InChI=1S/C11H14O3/c1-7-5-4-6-8(2)9(7)11(3,14)10(12)13/h4-6,14H,1-3H3,(H,12,13). The summed E-state index contributed by atoms with van der Waals surface area (Å²) in [5, 5.41) is 18.7. The van der Waals surface area contributed by atoms with Gasteiger partial charge >= 0.3 is 5.97 Å². The number of aliphatic hydroxyl groups is 1. The van der Waals surface area contributed by atoms with Crippen LogP contribution in [0.2, 0.25) is 0 Å². The number of rotatable bonds is 2. The minimum Gasteiger partial charge on any atom is -0.479 e. The van der Waals surface area contributed by atoms with Gasteiger partial charge in [-0.3, -0.25) is 0 Å². The molecule has 0 saturated heterocycles. The lowest BCUT2D eigenvalue weighted by Crippen LogP contribution is -2.33. The Morgan fingerprint density at radius 1 is 1.29 bits per heavy atom. The molecule has 0 amide bonds. The van der Waals surface area contributed by atoms with E-state index < -0.39 is 11.6 Å². The van der Waals surface area contributed by atoms with Crippen LogP contribution >= 0.6 is 0 Å². The van der Waals surface area contributed by atoms with Gasteiger partial charge in [-0.15, -0.1) is 0 Å². The van der Waals surface area contributed by atoms with Crippen molar-refractivity contribution in [1.82, 2.24) is 0 Å². The monoisotopic (exact) mass is 194 g/mol. The zero-order valence-corrected chi connectivity index (χ0v) is 8.53. The van der Waals surface area contributed by atoms with Gasteiger partial charge in [0.1, 0.15) is 0 Å². The fraction of sp³-hybridized carbons (Fsp3) is 0.364. The van der Waals surface area contributed by atoms with Gasteiger partial charge in [0.2, 0.25) is 0 Å². The molecule has 1 aromatic carbocycles. The molecule has 1 rings (SSSR count). The van der Waals surface area contributed by atoms with Crippen LogP contribution in [-0.4, -0.2) is 16.2 Å². The van der Waals surface area contributed by atoms with Crippen molar-refractivity contribution in [3.05, 3.63) is 34.9 Å². The largest absolute Gasteiger partial charge is 0.479 e. The molecule has 3 nitrogen and oxygen atoms in total. The zero-order chi connectivity index (χ0) is 10.9. The Morgan fingerprint density at radius 2 is 1.71 bits per heavy atom. The Morgan fingerprint density at radius 3 is 2.07 bits per heavy atom. The molecule has 0 saturated carbocycles. The summed E-state index contributed by atoms with van der Waals surface area (Å²) < 4.78 is 0. The van der Waals surface area contributed by atoms with Crippen LogP contribution in [0.1, 0.15) is 23.6 Å². The average Bonchev–Trinajstić information content (AvgIpc) is 2.02. The van der Waals surface area contributed by atoms with Gasteiger partial charge in [-0.1, -0.05) is 18.2 Å². The zero-order valence-electron chi connectivity index (χ0n) is 8.53. The molecule has 0 aromatic heterocycles. The van der Waals surface area contributed by atoms with Crippen LogP contribution in [0, 0.1) is 13.8 Å². The lowest BCUT2D eigenvalue weighted by atomic mass is 9.88. The summed E-state index contributed by atoms with van der Waals surface area (Å²) in [6.45, 7) is 4.88. The summed E-state index contributed by atoms with van der Waals surface area (Å²) in [7, 11) is 0. The number of aryl methyl sites for hydroxylation is 2. The van der Waals surface area contributed by atoms with Gasteiger partial charge in [0.15, 0.2) is 5.60 Å². The topological polar surface area (TPSA) is 57.5 Å². The van der Waals surface area contributed by atoms with E-state index in [4.69, 9.17) is 5.11 Å². The summed E-state index contributed by atoms with van der Waals surface area (Å²) in [4.78, 5) is 10.9. The first-order valence-electron chi connectivity index (χ1n) is 4.40. The maximum atomic E-state index is 10.9. The van der Waals surface area contributed by atoms with E-state index in [9.17, 15) is 9.90 Å². The van der Waals surface area contributed by atoms with Gasteiger partial charge in [0.05, 0.1) is 0 Å². The summed E-state index contributed by atoms with van der Waals surface area (Å²) in [6.07, 6.45) is 0. The minimum atomic E-state index is -1.81. The SMILES string of the molecule is Cc1cccc(C)c1C(C)(O)C(=O)O. The van der Waals surface area contributed by atoms with Crippen LogP contribution in [-0.2, 0) is 10.4 Å². The van der Waals surface area contributed by atoms with Crippen molar-refractivity contribution < 1.29 is 15.0 Å². The third-order valence-electron chi connectivity index (χ3n) is 2.38. The molecule has 76 valence electrons. The average molecular weight is 194 g/mol. The van der Waals surface area contributed by atoms with Crippen molar-refractivity contribution in [2.75, 3.05) is 0 Å². The van der Waals surface area contributed by atoms with Crippen molar-refractivity contribution in [3.8, 4) is 0 Å². The number of benzene rings is 1. The fourth-order valence-corrected chi connectivity index (χ4v) is 1.69. The summed E-state index contributed by atoms with van der Waals surface area (Å²) >= 11 is 0. The molecule has 3 heteroatoms. The van der Waals surface area contributed by atoms with Crippen LogP contribution in [0.5, 0.6) is 0 Å². The number of carboxylic acids is 1. The molecule has 0 heterocycles. The highest BCUT2D eigenvalue weighted by Gasteiger charge is 2.34. The number of carbonyl (C=O) groups is 1. The number of hydrogen-bond acceptors (Lipinski definition) is 2. The quantitative estimate of drug-likeness (QED) is 0.751. The maximum absolute atomic E-state index is 10.9. The molecule has 0 aliphatic rings. The van der Waals surface area contributed by atoms with Crippen molar-refractivity contribution in [2.45, 2.75) is 26.4 Å². The maximum Gasteiger partial charge on any atom is 0.340 e. The van der Waals surface area contributed by atoms with Crippen molar-refractivity contribution >= 4 is 5.97 Å². The summed E-state index contributed by atoms with van der Waals surface area (Å²) in [5.74, 6) is -1.23. The van der Waals surface area contributed by atoms with Crippen LogP contribution in [0.15, 0.2) is 18.2 Å². The molecule has 0 aliphatic heterocycles. The minimum absolute atomic E-state index is 0.479. The fourth-order valence-electron chi connectivity index (χ4n) is 1.69. The van der Waals surface area contributed by atoms with E-state index in [1.165, 1.54) is 6.92 Å². The second kappa shape index (κ2) is 3.42. The molecular formula is C11H14O3. The lowest BCUT2D eigenvalue weighted by Gasteiger charge is -2.22. The van der Waals surface area contributed by atoms with E-state index in [-0.39, 0.29) is 0 Å². The second-order valence-corrected chi connectivity index (χ2v) is 3.64. The smallest absolute Gasteiger partial charge is 0.340 e. The molecule has 1 aromatic rings. The molecule has 2 N–H and O–H groups in total. The third kappa shape index (κ3) is 1.63. The van der Waals surface area contributed by atoms with Crippen molar-refractivity contribution in [1.29, 1.82) is 0 Å². The molecule has 0 radical (unpaired) electrons. The van der Waals surface area contributed by atoms with Crippen molar-refractivity contribution in [2.24, 2.45) is 0 Å². The van der Waals surface area contributed by atoms with E-state index in [1.54, 1.807) is 26.0 Å². The van der Waals surface area contributed by atoms with Gasteiger partial charge in [-0.2, -0.15) is 0 Å². The molecular weight excluding hydrogens is 180 g/mol. The normalized spacial score (nSPS) is 14.9. The first kappa shape index (κ1) is 10.7. The Hall–Kier alpha value is -1.35. The van der Waals surface area contributed by atoms with E-state index in [0.29, 0.717) is 5.56 Å². The lowest BCUT2D eigenvalue weighted by molar-refractivity contribution is -0.157. The van der Waals surface area contributed by atoms with Crippen LogP contribution in [0.4, 0.5) is 0 Å². The Bertz CT molecular complexity index is 347. The molecule has 1 unspecified atom stereocenters. The highest BCUT2D eigenvalue weighted by Crippen LogP contribution is 2.27. The first-order chi connectivity index (χ1) is 6.37. The van der Waals surface area contributed by atoms with E-state index >= 15 is 0 Å². The molecule has 0 aliphatic carbocycles. The second-order valence-electron chi connectivity index (χ2n) is 3.64. The Kier molecular flexibility index (Phi) is 2.62. The predicted molar refractivity (Wildman–Crippen MR) is 53.1 cm³/mol. The van der Waals surface area contributed by atoms with Crippen molar-refractivity contribution in [3.63, 3.8) is 0 Å².